The lowest BCUT2D eigenvalue weighted by Crippen LogP contribution is -2.55. The van der Waals surface area contributed by atoms with Crippen molar-refractivity contribution < 1.29 is 4.57 Å². The van der Waals surface area contributed by atoms with Gasteiger partial charge in [0, 0.05) is 30.7 Å². The van der Waals surface area contributed by atoms with Gasteiger partial charge < -0.3 is 4.57 Å². The van der Waals surface area contributed by atoms with Gasteiger partial charge in [0.25, 0.3) is 0 Å². The molecular weight excluding hydrogens is 859 g/mol. The third kappa shape index (κ3) is 6.37. The molecule has 4 fully saturated rings. The van der Waals surface area contributed by atoms with Gasteiger partial charge in [0.15, 0.2) is 7.14 Å². The van der Waals surface area contributed by atoms with Crippen molar-refractivity contribution in [1.82, 2.24) is 0 Å². The van der Waals surface area contributed by atoms with Crippen LogP contribution in [-0.2, 0) is 15.4 Å². The van der Waals surface area contributed by atoms with Gasteiger partial charge >= 0.3 is 0 Å². The molecule has 334 valence electrons. The van der Waals surface area contributed by atoms with Crippen molar-refractivity contribution in [2.45, 2.75) is 90.9 Å². The van der Waals surface area contributed by atoms with E-state index in [2.05, 4.69) is 187 Å². The molecule has 1 aromatic heterocycles. The minimum Gasteiger partial charge on any atom is -0.309 e. The molecule has 14 rings (SSSR count). The maximum absolute atomic E-state index is 15.3. The van der Waals surface area contributed by atoms with Crippen molar-refractivity contribution in [3.05, 3.63) is 202 Å². The Morgan fingerprint density at radius 2 is 0.956 bits per heavy atom. The van der Waals surface area contributed by atoms with Gasteiger partial charge in [-0.25, -0.2) is 0 Å². The molecule has 1 aliphatic heterocycles. The summed E-state index contributed by atoms with van der Waals surface area (Å²) in [6, 6.07) is 59.7. The number of benzene rings is 8. The number of rotatable bonds is 7. The highest BCUT2D eigenvalue weighted by atomic mass is 32.1. The standard InChI is InChI=1S/C64H58BOPS/c1-39-27-41(3)61(42(4)28-39)65(62-43(5)29-40(2)30-44(62)6)51-22-26-60-56(33-51)55-32-48(17-25-59(55)68-60)47-15-18-49(19-16-47)63-34-45-31-46(35-63)37-64(36-45,38-63)50-20-23-52(24-21-50)67(66)57-13-9-7-11-53(57)54-12-8-10-14-58(54)67/h7-30,32-33,45-46H,31,34-38H2,1-6H3. The summed E-state index contributed by atoms with van der Waals surface area (Å²) < 4.78 is 18.0. The number of hydrogen-bond acceptors (Lipinski definition) is 2. The molecule has 0 spiro atoms. The summed E-state index contributed by atoms with van der Waals surface area (Å²) in [5.74, 6) is 1.50. The molecule has 0 radical (unpaired) electrons. The van der Waals surface area contributed by atoms with Crippen LogP contribution in [0.25, 0.3) is 42.4 Å². The maximum atomic E-state index is 15.3. The van der Waals surface area contributed by atoms with Crippen molar-refractivity contribution in [3.8, 4) is 22.3 Å². The molecule has 0 amide bonds. The molecule has 1 nitrogen and oxygen atoms in total. The van der Waals surface area contributed by atoms with E-state index >= 15 is 4.57 Å². The third-order valence-electron chi connectivity index (χ3n) is 17.4. The predicted octanol–water partition coefficient (Wildman–Crippen LogP) is 13.5. The van der Waals surface area contributed by atoms with E-state index in [1.54, 1.807) is 0 Å². The van der Waals surface area contributed by atoms with E-state index in [9.17, 15) is 0 Å². The van der Waals surface area contributed by atoms with Crippen LogP contribution in [0, 0.1) is 53.4 Å². The van der Waals surface area contributed by atoms with Crippen molar-refractivity contribution in [1.29, 1.82) is 0 Å². The summed E-state index contributed by atoms with van der Waals surface area (Å²) in [4.78, 5) is 0. The number of thiophene rings is 1. The Bertz CT molecular complexity index is 3430. The first-order valence-electron chi connectivity index (χ1n) is 25.0. The Balaban J connectivity index is 0.829. The number of fused-ring (bicyclic) bond motifs is 6. The van der Waals surface area contributed by atoms with E-state index < -0.39 is 7.14 Å². The fourth-order valence-electron chi connectivity index (χ4n) is 15.3. The molecular formula is C64H58BOPS. The molecule has 4 heteroatoms. The summed E-state index contributed by atoms with van der Waals surface area (Å²) in [6.07, 6.45) is 7.72. The van der Waals surface area contributed by atoms with Gasteiger partial charge in [0.05, 0.1) is 0 Å². The van der Waals surface area contributed by atoms with Crippen LogP contribution in [0.1, 0.15) is 83.0 Å². The molecule has 68 heavy (non-hydrogen) atoms. The van der Waals surface area contributed by atoms with Crippen molar-refractivity contribution in [2.75, 3.05) is 0 Å². The quantitative estimate of drug-likeness (QED) is 0.115. The highest BCUT2D eigenvalue weighted by Crippen LogP contribution is 2.66. The first kappa shape index (κ1) is 42.4. The highest BCUT2D eigenvalue weighted by Gasteiger charge is 2.58. The predicted molar refractivity (Wildman–Crippen MR) is 294 cm³/mol. The maximum Gasteiger partial charge on any atom is 0.242 e. The fraction of sp³-hybridized carbons (Fsp3) is 0.250. The van der Waals surface area contributed by atoms with E-state index in [4.69, 9.17) is 0 Å². The van der Waals surface area contributed by atoms with Crippen molar-refractivity contribution >= 4 is 77.7 Å². The van der Waals surface area contributed by atoms with Crippen LogP contribution in [0.3, 0.4) is 0 Å². The zero-order valence-corrected chi connectivity index (χ0v) is 42.0. The van der Waals surface area contributed by atoms with Crippen LogP contribution >= 0.6 is 18.5 Å². The van der Waals surface area contributed by atoms with Crippen LogP contribution in [0.15, 0.2) is 158 Å². The monoisotopic (exact) mass is 916 g/mol. The van der Waals surface area contributed by atoms with Crippen LogP contribution in [0.5, 0.6) is 0 Å². The lowest BCUT2D eigenvalue weighted by atomic mass is 9.34. The minimum atomic E-state index is -2.95. The Hall–Kier alpha value is -5.73. The summed E-state index contributed by atoms with van der Waals surface area (Å²) in [7, 11) is -2.95. The Morgan fingerprint density at radius 3 is 1.49 bits per heavy atom. The molecule has 0 saturated heterocycles. The van der Waals surface area contributed by atoms with E-state index in [1.807, 2.05) is 23.5 Å². The van der Waals surface area contributed by atoms with E-state index in [0.29, 0.717) is 0 Å². The van der Waals surface area contributed by atoms with Gasteiger partial charge in [-0.3, -0.25) is 0 Å². The molecule has 4 saturated carbocycles. The Labute approximate surface area is 407 Å². The van der Waals surface area contributed by atoms with Gasteiger partial charge in [0.2, 0.25) is 6.71 Å². The second-order valence-corrected chi connectivity index (χ2v) is 25.7. The first-order valence-corrected chi connectivity index (χ1v) is 27.6. The molecule has 8 aromatic carbocycles. The van der Waals surface area contributed by atoms with E-state index in [-0.39, 0.29) is 17.5 Å². The zero-order chi connectivity index (χ0) is 46.3. The fourth-order valence-corrected chi connectivity index (χ4v) is 19.4. The topological polar surface area (TPSA) is 17.1 Å². The highest BCUT2D eigenvalue weighted by molar-refractivity contribution is 7.86. The number of hydrogen-bond donors (Lipinski definition) is 0. The van der Waals surface area contributed by atoms with Gasteiger partial charge in [-0.2, -0.15) is 0 Å². The normalized spacial score (nSPS) is 21.9. The minimum absolute atomic E-state index is 0.147. The molecule has 4 bridgehead atoms. The van der Waals surface area contributed by atoms with Gasteiger partial charge in [-0.15, -0.1) is 11.3 Å². The lowest BCUT2D eigenvalue weighted by Gasteiger charge is -2.63. The lowest BCUT2D eigenvalue weighted by molar-refractivity contribution is -0.0281. The van der Waals surface area contributed by atoms with Crippen molar-refractivity contribution in [3.63, 3.8) is 0 Å². The second-order valence-electron chi connectivity index (χ2n) is 21.9. The average molecular weight is 917 g/mol. The Morgan fingerprint density at radius 1 is 0.500 bits per heavy atom. The molecule has 9 aromatic rings. The van der Waals surface area contributed by atoms with Crippen LogP contribution in [0.4, 0.5) is 0 Å². The molecule has 5 aliphatic rings. The van der Waals surface area contributed by atoms with E-state index in [1.165, 1.54) is 131 Å². The van der Waals surface area contributed by atoms with Crippen LogP contribution < -0.4 is 32.3 Å². The number of aryl methyl sites for hydroxylation is 6. The van der Waals surface area contributed by atoms with Crippen LogP contribution in [0.2, 0.25) is 0 Å². The van der Waals surface area contributed by atoms with Crippen molar-refractivity contribution in [2.24, 2.45) is 11.8 Å². The second kappa shape index (κ2) is 15.4. The third-order valence-corrected chi connectivity index (χ3v) is 21.7. The summed E-state index contributed by atoms with van der Waals surface area (Å²) >= 11 is 1.91. The summed E-state index contributed by atoms with van der Waals surface area (Å²) in [5.41, 5.74) is 20.5. The largest absolute Gasteiger partial charge is 0.309 e. The van der Waals surface area contributed by atoms with Gasteiger partial charge in [0.1, 0.15) is 0 Å². The van der Waals surface area contributed by atoms with Gasteiger partial charge in [-0.05, 0) is 160 Å². The molecule has 2 atom stereocenters. The first-order chi connectivity index (χ1) is 32.9. The van der Waals surface area contributed by atoms with Crippen LogP contribution in [-0.4, -0.2) is 6.71 Å². The zero-order valence-electron chi connectivity index (χ0n) is 40.2. The SMILES string of the molecule is Cc1cc(C)c(B(c2ccc3sc4ccc(-c5ccc(C67CC8CC(C6)CC(c6ccc(P9(=O)c%10ccccc%10-c%10ccccc%109)cc6)(C8)C7)cc5)cc4c3c2)c2c(C)cc(C)cc2C)c(C)c1. The summed E-state index contributed by atoms with van der Waals surface area (Å²) in [5, 5.41) is 5.64. The molecule has 2 unspecified atom stereocenters. The smallest absolute Gasteiger partial charge is 0.242 e. The molecule has 4 aliphatic carbocycles. The summed E-state index contributed by atoms with van der Waals surface area (Å²) in [6.45, 7) is 13.8. The molecule has 0 N–H and O–H groups in total. The Kier molecular flexibility index (Phi) is 9.59. The van der Waals surface area contributed by atoms with Gasteiger partial charge in [-0.1, -0.05) is 189 Å². The average Bonchev–Trinajstić information content (AvgIpc) is 3.82. The molecule has 2 heterocycles. The van der Waals surface area contributed by atoms with E-state index in [0.717, 1.165) is 38.9 Å².